The molecule has 0 bridgehead atoms. The van der Waals surface area contributed by atoms with Gasteiger partial charge in [-0.1, -0.05) is 53.1 Å². The van der Waals surface area contributed by atoms with Gasteiger partial charge >= 0.3 is 0 Å². The maximum Gasteiger partial charge on any atom is 0.110 e. The van der Waals surface area contributed by atoms with E-state index in [4.69, 9.17) is 0 Å². The molecule has 0 aromatic heterocycles. The minimum absolute atomic E-state index is 0.0584. The van der Waals surface area contributed by atoms with Crippen LogP contribution >= 0.6 is 7.14 Å². The van der Waals surface area contributed by atoms with E-state index in [1.54, 1.807) is 0 Å². The van der Waals surface area contributed by atoms with Crippen molar-refractivity contribution >= 4 is 12.4 Å². The summed E-state index contributed by atoms with van der Waals surface area (Å²) in [4.78, 5) is 0. The molecule has 164 valence electrons. The van der Waals surface area contributed by atoms with Gasteiger partial charge in [-0.25, -0.2) is 0 Å². The van der Waals surface area contributed by atoms with Gasteiger partial charge < -0.3 is 4.57 Å². The Morgan fingerprint density at radius 2 is 0.871 bits per heavy atom. The number of rotatable bonds is 4. The van der Waals surface area contributed by atoms with Crippen molar-refractivity contribution in [3.05, 3.63) is 97.6 Å². The van der Waals surface area contributed by atoms with Crippen LogP contribution in [-0.2, 0) is 4.57 Å². The molecule has 3 rings (SSSR count). The lowest BCUT2D eigenvalue weighted by Gasteiger charge is -2.30. The van der Waals surface area contributed by atoms with Crippen molar-refractivity contribution < 1.29 is 4.57 Å². The van der Waals surface area contributed by atoms with Crippen LogP contribution in [0, 0.1) is 55.4 Å². The monoisotopic (exact) mass is 432 g/mol. The molecule has 0 fully saturated rings. The summed E-state index contributed by atoms with van der Waals surface area (Å²) in [6, 6.07) is 13.6. The Balaban J connectivity index is 2.54. The van der Waals surface area contributed by atoms with Crippen molar-refractivity contribution in [1.29, 1.82) is 0 Å². The lowest BCUT2D eigenvalue weighted by atomic mass is 9.76. The second-order valence-corrected chi connectivity index (χ2v) is 13.1. The number of aryl methyl sites for hydroxylation is 8. The standard InChI is InChI=1S/C29H37OP/c1-17-11-20(4)26(21(5)12-17)28(27-22(6)13-18(2)14-23(27)7)25-16-19(3)15-24(8)29(25)31(9,10)30/h11-16,28H,1-10H3. The third-order valence-electron chi connectivity index (χ3n) is 6.38. The molecule has 0 N–H and O–H groups in total. The molecule has 3 aromatic rings. The first-order valence-electron chi connectivity index (χ1n) is 11.1. The Bertz CT molecular complexity index is 1110. The van der Waals surface area contributed by atoms with Crippen molar-refractivity contribution in [3.63, 3.8) is 0 Å². The highest BCUT2D eigenvalue weighted by molar-refractivity contribution is 7.70. The van der Waals surface area contributed by atoms with Gasteiger partial charge in [0.05, 0.1) is 0 Å². The van der Waals surface area contributed by atoms with E-state index >= 15 is 0 Å². The third-order valence-corrected chi connectivity index (χ3v) is 8.07. The Hall–Kier alpha value is -2.11. The van der Waals surface area contributed by atoms with Crippen molar-refractivity contribution in [2.75, 3.05) is 13.3 Å². The van der Waals surface area contributed by atoms with Crippen LogP contribution in [0.1, 0.15) is 67.1 Å². The molecule has 1 nitrogen and oxygen atoms in total. The van der Waals surface area contributed by atoms with E-state index in [9.17, 15) is 4.57 Å². The topological polar surface area (TPSA) is 17.1 Å². The highest BCUT2D eigenvalue weighted by Gasteiger charge is 2.30. The van der Waals surface area contributed by atoms with Crippen molar-refractivity contribution in [1.82, 2.24) is 0 Å². The van der Waals surface area contributed by atoms with Gasteiger partial charge in [-0.3, -0.25) is 0 Å². The summed E-state index contributed by atoms with van der Waals surface area (Å²) in [5.41, 5.74) is 14.0. The highest BCUT2D eigenvalue weighted by atomic mass is 31.2. The van der Waals surface area contributed by atoms with Crippen LogP contribution in [0.25, 0.3) is 0 Å². The first-order valence-corrected chi connectivity index (χ1v) is 13.7. The Labute approximate surface area is 189 Å². The zero-order chi connectivity index (χ0) is 23.2. The van der Waals surface area contributed by atoms with Crippen LogP contribution in [0.3, 0.4) is 0 Å². The summed E-state index contributed by atoms with van der Waals surface area (Å²) in [7, 11) is -2.49. The number of benzene rings is 3. The molecule has 0 amide bonds. The van der Waals surface area contributed by atoms with E-state index in [0.29, 0.717) is 0 Å². The smallest absolute Gasteiger partial charge is 0.110 e. The minimum Gasteiger partial charge on any atom is -0.319 e. The maximum absolute atomic E-state index is 13.6. The highest BCUT2D eigenvalue weighted by Crippen LogP contribution is 2.45. The van der Waals surface area contributed by atoms with E-state index in [1.807, 2.05) is 13.3 Å². The lowest BCUT2D eigenvalue weighted by Crippen LogP contribution is -2.22. The molecule has 0 aliphatic carbocycles. The normalized spacial score (nSPS) is 12.0. The van der Waals surface area contributed by atoms with Gasteiger partial charge in [0.25, 0.3) is 0 Å². The summed E-state index contributed by atoms with van der Waals surface area (Å²) in [5, 5.41) is 1.04. The van der Waals surface area contributed by atoms with Gasteiger partial charge in [-0.15, -0.1) is 0 Å². The fourth-order valence-electron chi connectivity index (χ4n) is 5.70. The molecule has 0 radical (unpaired) electrons. The summed E-state index contributed by atoms with van der Waals surface area (Å²) < 4.78 is 13.6. The first-order chi connectivity index (χ1) is 14.3. The average Bonchev–Trinajstić information content (AvgIpc) is 2.56. The predicted molar refractivity (Wildman–Crippen MR) is 137 cm³/mol. The summed E-state index contributed by atoms with van der Waals surface area (Å²) in [5.74, 6) is 0.0584. The van der Waals surface area contributed by atoms with Crippen LogP contribution in [0.15, 0.2) is 36.4 Å². The third kappa shape index (κ3) is 4.58. The number of hydrogen-bond donors (Lipinski definition) is 0. The van der Waals surface area contributed by atoms with Gasteiger partial charge in [0.15, 0.2) is 0 Å². The average molecular weight is 433 g/mol. The summed E-state index contributed by atoms with van der Waals surface area (Å²) in [6.45, 7) is 21.3. The number of hydrogen-bond acceptors (Lipinski definition) is 1. The molecular formula is C29H37OP. The molecule has 3 aromatic carbocycles. The fraction of sp³-hybridized carbons (Fsp3) is 0.379. The second kappa shape index (κ2) is 8.44. The zero-order valence-corrected chi connectivity index (χ0v) is 21.8. The zero-order valence-electron chi connectivity index (χ0n) is 20.9. The quantitative estimate of drug-likeness (QED) is 0.307. The van der Waals surface area contributed by atoms with Crippen molar-refractivity contribution in [2.45, 2.75) is 61.3 Å². The molecule has 31 heavy (non-hydrogen) atoms. The fourth-order valence-corrected chi connectivity index (χ4v) is 7.43. The molecule has 0 saturated carbocycles. The molecule has 2 heteroatoms. The Morgan fingerprint density at radius 1 is 0.548 bits per heavy atom. The summed E-state index contributed by atoms with van der Waals surface area (Å²) >= 11 is 0. The van der Waals surface area contributed by atoms with Gasteiger partial charge in [-0.2, -0.15) is 0 Å². The molecular weight excluding hydrogens is 395 g/mol. The molecule has 0 spiro atoms. The Morgan fingerprint density at radius 3 is 1.23 bits per heavy atom. The van der Waals surface area contributed by atoms with Gasteiger partial charge in [0.1, 0.15) is 7.14 Å². The van der Waals surface area contributed by atoms with Crippen LogP contribution in [0.5, 0.6) is 0 Å². The van der Waals surface area contributed by atoms with E-state index in [0.717, 1.165) is 10.9 Å². The molecule has 0 aliphatic rings. The van der Waals surface area contributed by atoms with E-state index in [2.05, 4.69) is 91.8 Å². The van der Waals surface area contributed by atoms with E-state index in [1.165, 1.54) is 55.6 Å². The minimum atomic E-state index is -2.49. The molecule has 0 heterocycles. The van der Waals surface area contributed by atoms with E-state index < -0.39 is 7.14 Å². The van der Waals surface area contributed by atoms with Gasteiger partial charge in [0.2, 0.25) is 0 Å². The first kappa shape index (κ1) is 23.6. The molecule has 0 aliphatic heterocycles. The van der Waals surface area contributed by atoms with Crippen LogP contribution in [-0.4, -0.2) is 13.3 Å². The van der Waals surface area contributed by atoms with Crippen LogP contribution in [0.4, 0.5) is 0 Å². The van der Waals surface area contributed by atoms with Crippen molar-refractivity contribution in [2.24, 2.45) is 0 Å². The molecule has 0 saturated heterocycles. The molecule has 0 atom stereocenters. The molecule has 0 unspecified atom stereocenters. The SMILES string of the molecule is Cc1cc(C)c(C(c2cc(C)cc(C)c2P(C)(C)=O)c2c(C)cc(C)cc2C)c(C)c1. The largest absolute Gasteiger partial charge is 0.319 e. The summed E-state index contributed by atoms with van der Waals surface area (Å²) in [6.07, 6.45) is 0. The predicted octanol–water partition coefficient (Wildman–Crippen LogP) is 7.58. The van der Waals surface area contributed by atoms with Gasteiger partial charge in [-0.05, 0) is 113 Å². The van der Waals surface area contributed by atoms with Crippen LogP contribution < -0.4 is 5.30 Å². The van der Waals surface area contributed by atoms with E-state index in [-0.39, 0.29) is 5.92 Å². The van der Waals surface area contributed by atoms with Gasteiger partial charge in [0, 0.05) is 11.2 Å². The maximum atomic E-state index is 13.6. The lowest BCUT2D eigenvalue weighted by molar-refractivity contribution is 0.588. The Kier molecular flexibility index (Phi) is 6.41. The van der Waals surface area contributed by atoms with Crippen molar-refractivity contribution in [3.8, 4) is 0 Å². The second-order valence-electron chi connectivity index (χ2n) is 9.93. The van der Waals surface area contributed by atoms with Crippen LogP contribution in [0.2, 0.25) is 0 Å².